The third-order valence-corrected chi connectivity index (χ3v) is 10.2. The van der Waals surface area contributed by atoms with Crippen LogP contribution in [0.1, 0.15) is 59.2 Å². The van der Waals surface area contributed by atoms with Crippen molar-refractivity contribution in [2.75, 3.05) is 19.6 Å². The Balaban J connectivity index is 1.64. The second-order valence-corrected chi connectivity index (χ2v) is 14.2. The number of aliphatic hydroxyl groups excluding tert-OH is 1. The van der Waals surface area contributed by atoms with Crippen LogP contribution in [0, 0.1) is 0 Å². The maximum atomic E-state index is 15.0. The number of carbonyl (C=O) groups excluding carboxylic acids is 4. The first-order chi connectivity index (χ1) is 27.6. The minimum atomic E-state index is -1.66. The minimum absolute atomic E-state index is 0.0770. The number of carboxylic acid groups (broad SMARTS) is 1. The van der Waals surface area contributed by atoms with Gasteiger partial charge in [0.25, 0.3) is 11.8 Å². The van der Waals surface area contributed by atoms with Gasteiger partial charge >= 0.3 is 18.2 Å². The van der Waals surface area contributed by atoms with Crippen molar-refractivity contribution in [3.63, 3.8) is 0 Å². The molecule has 1 heterocycles. The molecule has 1 saturated heterocycles. The Morgan fingerprint density at radius 2 is 1.26 bits per heavy atom. The SMILES string of the molecule is NCCCC[C@@H](C(=O)N1CCC[C@H]1C(=O)O)[N+](CC(O)[C@H](Cc1ccccc1)NC(=O)c1ccccc1)(C(=O)OCc1ccccc1)C(=O)OCc1ccccc1. The van der Waals surface area contributed by atoms with Crippen molar-refractivity contribution in [2.45, 2.75) is 76.0 Å². The van der Waals surface area contributed by atoms with Gasteiger partial charge in [-0.2, -0.15) is 9.59 Å². The number of carbonyl (C=O) groups is 5. The Morgan fingerprint density at radius 3 is 1.77 bits per heavy atom. The number of unbranched alkanes of at least 4 members (excludes halogenated alkanes) is 1. The number of imide groups is 1. The van der Waals surface area contributed by atoms with Crippen LogP contribution in [0.3, 0.4) is 0 Å². The first-order valence-electron chi connectivity index (χ1n) is 19.3. The van der Waals surface area contributed by atoms with Crippen molar-refractivity contribution in [3.8, 4) is 0 Å². The van der Waals surface area contributed by atoms with Gasteiger partial charge in [-0.25, -0.2) is 4.79 Å². The highest BCUT2D eigenvalue weighted by Gasteiger charge is 2.60. The number of amides is 4. The lowest BCUT2D eigenvalue weighted by molar-refractivity contribution is -0.808. The summed E-state index contributed by atoms with van der Waals surface area (Å²) in [6, 6.07) is 31.1. The van der Waals surface area contributed by atoms with Crippen LogP contribution in [0.25, 0.3) is 0 Å². The van der Waals surface area contributed by atoms with Gasteiger partial charge in [-0.1, -0.05) is 109 Å². The fourth-order valence-electron chi connectivity index (χ4n) is 7.18. The van der Waals surface area contributed by atoms with Crippen molar-refractivity contribution in [2.24, 2.45) is 5.73 Å². The first kappa shape index (κ1) is 42.3. The lowest BCUT2D eigenvalue weighted by Gasteiger charge is -2.40. The van der Waals surface area contributed by atoms with Gasteiger partial charge in [-0.15, -0.1) is 4.48 Å². The van der Waals surface area contributed by atoms with Crippen molar-refractivity contribution in [1.29, 1.82) is 0 Å². The number of nitrogens with zero attached hydrogens (tertiary/aromatic N) is 2. The number of ether oxygens (including phenoxy) is 2. The molecule has 5 rings (SSSR count). The van der Waals surface area contributed by atoms with E-state index in [4.69, 9.17) is 15.2 Å². The topological polar surface area (TPSA) is 186 Å². The fraction of sp³-hybridized carbons (Fsp3) is 0.341. The Morgan fingerprint density at radius 1 is 0.754 bits per heavy atom. The van der Waals surface area contributed by atoms with Crippen LogP contribution in [-0.2, 0) is 38.7 Å². The normalized spacial score (nSPS) is 15.5. The van der Waals surface area contributed by atoms with E-state index in [9.17, 15) is 34.2 Å². The van der Waals surface area contributed by atoms with E-state index in [1.807, 2.05) is 18.2 Å². The molecule has 1 aliphatic heterocycles. The van der Waals surface area contributed by atoms with Crippen molar-refractivity contribution in [3.05, 3.63) is 144 Å². The molecule has 0 aromatic heterocycles. The molecule has 1 fully saturated rings. The molecule has 4 amide bonds. The number of rotatable bonds is 18. The molecule has 4 atom stereocenters. The number of nitrogens with two attached hydrogens (primary N) is 1. The van der Waals surface area contributed by atoms with Gasteiger partial charge < -0.3 is 35.6 Å². The van der Waals surface area contributed by atoms with Crippen molar-refractivity contribution >= 4 is 30.0 Å². The molecular formula is C44H51N4O9+. The molecule has 57 heavy (non-hydrogen) atoms. The van der Waals surface area contributed by atoms with E-state index in [-0.39, 0.29) is 52.0 Å². The molecule has 13 nitrogen and oxygen atoms in total. The summed E-state index contributed by atoms with van der Waals surface area (Å²) in [7, 11) is 0. The maximum Gasteiger partial charge on any atom is 0.527 e. The molecule has 300 valence electrons. The van der Waals surface area contributed by atoms with E-state index in [2.05, 4.69) is 5.32 Å². The zero-order valence-electron chi connectivity index (χ0n) is 31.9. The Labute approximate surface area is 332 Å². The third-order valence-electron chi connectivity index (χ3n) is 10.2. The van der Waals surface area contributed by atoms with Crippen LogP contribution in [0.4, 0.5) is 9.59 Å². The molecule has 0 saturated carbocycles. The van der Waals surface area contributed by atoms with Gasteiger partial charge in [0.2, 0.25) is 0 Å². The van der Waals surface area contributed by atoms with Crippen LogP contribution in [0.2, 0.25) is 0 Å². The van der Waals surface area contributed by atoms with Gasteiger partial charge in [0.15, 0.2) is 6.04 Å². The van der Waals surface area contributed by atoms with E-state index in [1.54, 1.807) is 103 Å². The summed E-state index contributed by atoms with van der Waals surface area (Å²) in [5, 5.41) is 25.4. The second-order valence-electron chi connectivity index (χ2n) is 14.2. The molecule has 0 spiro atoms. The zero-order valence-corrected chi connectivity index (χ0v) is 31.9. The van der Waals surface area contributed by atoms with Crippen LogP contribution < -0.4 is 11.1 Å². The van der Waals surface area contributed by atoms with Gasteiger partial charge in [-0.05, 0) is 67.5 Å². The highest BCUT2D eigenvalue weighted by Crippen LogP contribution is 2.31. The van der Waals surface area contributed by atoms with E-state index in [0.29, 0.717) is 29.5 Å². The summed E-state index contributed by atoms with van der Waals surface area (Å²) >= 11 is 0. The summed E-state index contributed by atoms with van der Waals surface area (Å²) in [6.45, 7) is -1.02. The number of likely N-dealkylation sites (tertiary alicyclic amines) is 1. The van der Waals surface area contributed by atoms with E-state index in [0.717, 1.165) is 5.56 Å². The Kier molecular flexibility index (Phi) is 15.5. The summed E-state index contributed by atoms with van der Waals surface area (Å²) < 4.78 is 10.4. The van der Waals surface area contributed by atoms with Crippen LogP contribution >= 0.6 is 0 Å². The number of hydrogen-bond donors (Lipinski definition) is 4. The average Bonchev–Trinajstić information content (AvgIpc) is 3.75. The van der Waals surface area contributed by atoms with E-state index < -0.39 is 65.2 Å². The third kappa shape index (κ3) is 11.1. The molecule has 0 bridgehead atoms. The predicted molar refractivity (Wildman–Crippen MR) is 211 cm³/mol. The van der Waals surface area contributed by atoms with Crippen LogP contribution in [0.5, 0.6) is 0 Å². The fourth-order valence-corrected chi connectivity index (χ4v) is 7.18. The maximum absolute atomic E-state index is 15.0. The van der Waals surface area contributed by atoms with Gasteiger partial charge in [-0.3, -0.25) is 9.59 Å². The van der Waals surface area contributed by atoms with Crippen LogP contribution in [-0.4, -0.2) is 93.4 Å². The first-order valence-corrected chi connectivity index (χ1v) is 19.3. The Bertz CT molecular complexity index is 1860. The Hall–Kier alpha value is -5.89. The van der Waals surface area contributed by atoms with Gasteiger partial charge in [0.05, 0.1) is 6.04 Å². The monoisotopic (exact) mass is 779 g/mol. The number of nitrogens with one attached hydrogen (secondary N) is 1. The molecule has 0 radical (unpaired) electrons. The lowest BCUT2D eigenvalue weighted by atomic mass is 9.97. The number of quaternary nitrogens is 1. The van der Waals surface area contributed by atoms with E-state index in [1.165, 1.54) is 4.90 Å². The lowest BCUT2D eigenvalue weighted by Crippen LogP contribution is -2.71. The molecule has 4 aromatic rings. The van der Waals surface area contributed by atoms with E-state index >= 15 is 0 Å². The largest absolute Gasteiger partial charge is 0.527 e. The van der Waals surface area contributed by atoms with Crippen molar-refractivity contribution < 1.29 is 48.1 Å². The smallest absolute Gasteiger partial charge is 0.480 e. The number of carboxylic acids is 1. The predicted octanol–water partition coefficient (Wildman–Crippen LogP) is 5.45. The molecular weight excluding hydrogens is 729 g/mol. The summed E-state index contributed by atoms with van der Waals surface area (Å²) in [5.41, 5.74) is 8.12. The summed E-state index contributed by atoms with van der Waals surface area (Å²) in [4.78, 5) is 72.2. The zero-order chi connectivity index (χ0) is 40.6. The minimum Gasteiger partial charge on any atom is -0.480 e. The number of benzene rings is 4. The molecule has 5 N–H and O–H groups in total. The quantitative estimate of drug-likeness (QED) is 0.0748. The standard InChI is InChI=1S/C44H50N4O9/c45-26-14-13-25-38(41(51)47-27-15-24-37(47)42(52)53)48(43(54)56-30-33-18-7-2-8-19-33,44(55)57-31-34-20-9-3-10-21-34)29-39(49)36(28-32-16-5-1-6-17-32)46-40(50)35-22-11-4-12-23-35/h1-12,16-23,36-39,49H,13-15,24-31,45H2,(H-,46,50,52,53)/p+1/t36-,37-,38-,39?/m0/s1. The number of hydrogen-bond acceptors (Lipinski definition) is 9. The highest BCUT2D eigenvalue weighted by atomic mass is 16.6. The van der Waals surface area contributed by atoms with Gasteiger partial charge in [0, 0.05) is 18.5 Å². The van der Waals surface area contributed by atoms with Gasteiger partial charge in [0.1, 0.15) is 31.9 Å². The van der Waals surface area contributed by atoms with Crippen LogP contribution in [0.15, 0.2) is 121 Å². The number of aliphatic hydroxyl groups is 1. The van der Waals surface area contributed by atoms with Crippen molar-refractivity contribution in [1.82, 2.24) is 10.2 Å². The second kappa shape index (κ2) is 20.9. The molecule has 13 heteroatoms. The summed E-state index contributed by atoms with van der Waals surface area (Å²) in [5.74, 6) is -2.50. The molecule has 1 unspecified atom stereocenters. The molecule has 0 aliphatic carbocycles. The average molecular weight is 780 g/mol. The number of aliphatic carboxylic acids is 1. The summed E-state index contributed by atoms with van der Waals surface area (Å²) in [6.07, 6.45) is -2.79. The highest BCUT2D eigenvalue weighted by molar-refractivity contribution is 5.94. The molecule has 4 aromatic carbocycles. The molecule has 1 aliphatic rings.